The van der Waals surface area contributed by atoms with Crippen LogP contribution in [0.15, 0.2) is 106 Å². The summed E-state index contributed by atoms with van der Waals surface area (Å²) in [5, 5.41) is 0.269. The Morgan fingerprint density at radius 2 is 1.42 bits per heavy atom. The Morgan fingerprint density at radius 1 is 0.763 bits per heavy atom. The van der Waals surface area contributed by atoms with Crippen molar-refractivity contribution in [2.75, 3.05) is 4.90 Å². The molecule has 0 spiro atoms. The number of rotatable bonds is 4. The molecule has 0 unspecified atom stereocenters. The van der Waals surface area contributed by atoms with E-state index < -0.39 is 23.2 Å². The van der Waals surface area contributed by atoms with E-state index in [-0.39, 0.29) is 28.1 Å². The maximum absolute atomic E-state index is 13.4. The Hall–Kier alpha value is -5.30. The van der Waals surface area contributed by atoms with Gasteiger partial charge in [0.05, 0.1) is 27.8 Å². The van der Waals surface area contributed by atoms with Gasteiger partial charge in [-0.1, -0.05) is 60.2 Å². The van der Waals surface area contributed by atoms with Crippen LogP contribution in [0.2, 0.25) is 0 Å². The topological polar surface area (TPSA) is 93.9 Å². The number of carbonyl (C=O) groups excluding carboxylic acids is 3. The summed E-state index contributed by atoms with van der Waals surface area (Å²) in [4.78, 5) is 53.5. The molecule has 2 amide bonds. The molecular formula is C31H19NO6. The number of esters is 1. The lowest BCUT2D eigenvalue weighted by molar-refractivity contribution is 0.0730. The highest BCUT2D eigenvalue weighted by Crippen LogP contribution is 2.33. The molecule has 0 radical (unpaired) electrons. The molecule has 0 bridgehead atoms. The predicted octanol–water partition coefficient (Wildman–Crippen LogP) is 5.79. The van der Waals surface area contributed by atoms with Gasteiger partial charge in [-0.15, -0.1) is 0 Å². The highest BCUT2D eigenvalue weighted by Gasteiger charge is 2.36. The van der Waals surface area contributed by atoms with Crippen molar-refractivity contribution in [3.8, 4) is 17.1 Å². The third-order valence-electron chi connectivity index (χ3n) is 6.40. The lowest BCUT2D eigenvalue weighted by Crippen LogP contribution is -2.29. The second-order valence-electron chi connectivity index (χ2n) is 8.88. The van der Waals surface area contributed by atoms with Gasteiger partial charge < -0.3 is 9.15 Å². The summed E-state index contributed by atoms with van der Waals surface area (Å²) in [6.07, 6.45) is 0. The highest BCUT2D eigenvalue weighted by atomic mass is 16.5. The molecule has 0 N–H and O–H groups in total. The van der Waals surface area contributed by atoms with Gasteiger partial charge in [-0.05, 0) is 49.4 Å². The number of ether oxygens (including phenoxy) is 1. The number of amides is 2. The Labute approximate surface area is 216 Å². The zero-order valence-electron chi connectivity index (χ0n) is 20.1. The molecule has 5 aromatic rings. The standard InChI is InChI=1S/C31H19NO6/c1-18-13-15-19(16-14-18)27-28(26(33)24-11-4-5-12-25(24)37-27)38-31(36)20-7-6-8-21(17-20)32-29(34)22-9-2-3-10-23(22)30(32)35/h2-17H,1H3. The summed E-state index contributed by atoms with van der Waals surface area (Å²) in [6, 6.07) is 26.5. The fourth-order valence-electron chi connectivity index (χ4n) is 4.46. The van der Waals surface area contributed by atoms with E-state index >= 15 is 0 Å². The summed E-state index contributed by atoms with van der Waals surface area (Å²) in [6.45, 7) is 1.93. The SMILES string of the molecule is Cc1ccc(-c2oc3ccccc3c(=O)c2OC(=O)c2cccc(N3C(=O)c4ccccc4C3=O)c2)cc1. The number of imide groups is 1. The quantitative estimate of drug-likeness (QED) is 0.229. The van der Waals surface area contributed by atoms with E-state index in [1.807, 2.05) is 19.1 Å². The number of hydrogen-bond donors (Lipinski definition) is 0. The molecule has 7 heteroatoms. The van der Waals surface area contributed by atoms with Crippen LogP contribution >= 0.6 is 0 Å². The molecule has 7 nitrogen and oxygen atoms in total. The summed E-state index contributed by atoms with van der Waals surface area (Å²) in [5.41, 5.74) is 2.31. The lowest BCUT2D eigenvalue weighted by atomic mass is 10.1. The second-order valence-corrected chi connectivity index (χ2v) is 8.88. The number of fused-ring (bicyclic) bond motifs is 2. The van der Waals surface area contributed by atoms with Crippen LogP contribution in [0.1, 0.15) is 36.6 Å². The van der Waals surface area contributed by atoms with Gasteiger partial charge in [0, 0.05) is 5.56 Å². The second kappa shape index (κ2) is 8.97. The average Bonchev–Trinajstić information content (AvgIpc) is 3.20. The normalized spacial score (nSPS) is 12.6. The third-order valence-corrected chi connectivity index (χ3v) is 6.40. The van der Waals surface area contributed by atoms with E-state index in [2.05, 4.69) is 0 Å². The van der Waals surface area contributed by atoms with Gasteiger partial charge in [-0.25, -0.2) is 9.69 Å². The Kier molecular flexibility index (Phi) is 5.46. The van der Waals surface area contributed by atoms with Gasteiger partial charge in [0.2, 0.25) is 11.2 Å². The van der Waals surface area contributed by atoms with Crippen LogP contribution in [0.4, 0.5) is 5.69 Å². The van der Waals surface area contributed by atoms with Crippen molar-refractivity contribution >= 4 is 34.4 Å². The van der Waals surface area contributed by atoms with Gasteiger partial charge in [-0.3, -0.25) is 14.4 Å². The van der Waals surface area contributed by atoms with E-state index in [1.165, 1.54) is 12.1 Å². The van der Waals surface area contributed by atoms with Crippen LogP contribution in [0, 0.1) is 6.92 Å². The molecule has 6 rings (SSSR count). The molecule has 38 heavy (non-hydrogen) atoms. The smallest absolute Gasteiger partial charge is 0.343 e. The van der Waals surface area contributed by atoms with E-state index in [4.69, 9.17) is 9.15 Å². The van der Waals surface area contributed by atoms with E-state index in [1.54, 1.807) is 72.8 Å². The molecule has 1 aliphatic heterocycles. The summed E-state index contributed by atoms with van der Waals surface area (Å²) < 4.78 is 11.7. The zero-order chi connectivity index (χ0) is 26.4. The van der Waals surface area contributed by atoms with Crippen LogP contribution < -0.4 is 15.1 Å². The first-order chi connectivity index (χ1) is 18.4. The first-order valence-corrected chi connectivity index (χ1v) is 11.9. The number of nitrogens with zero attached hydrogens (tertiary/aromatic N) is 1. The van der Waals surface area contributed by atoms with Crippen molar-refractivity contribution in [3.05, 3.63) is 130 Å². The molecule has 0 saturated carbocycles. The van der Waals surface area contributed by atoms with Gasteiger partial charge >= 0.3 is 5.97 Å². The fourth-order valence-corrected chi connectivity index (χ4v) is 4.46. The van der Waals surface area contributed by atoms with Gasteiger partial charge in [0.15, 0.2) is 5.76 Å². The Bertz CT molecular complexity index is 1800. The van der Waals surface area contributed by atoms with Gasteiger partial charge in [-0.2, -0.15) is 0 Å². The Balaban J connectivity index is 1.39. The average molecular weight is 501 g/mol. The van der Waals surface area contributed by atoms with Crippen LogP contribution in [0.3, 0.4) is 0 Å². The monoisotopic (exact) mass is 501 g/mol. The minimum atomic E-state index is -0.834. The molecule has 0 saturated heterocycles. The molecule has 4 aromatic carbocycles. The number of carbonyl (C=O) groups is 3. The molecule has 1 aliphatic rings. The number of benzene rings is 4. The highest BCUT2D eigenvalue weighted by molar-refractivity contribution is 6.34. The largest absolute Gasteiger partial charge is 0.452 e. The van der Waals surface area contributed by atoms with Crippen LogP contribution in [0.5, 0.6) is 5.75 Å². The Morgan fingerprint density at radius 3 is 2.13 bits per heavy atom. The van der Waals surface area contributed by atoms with Crippen molar-refractivity contribution in [1.29, 1.82) is 0 Å². The number of para-hydroxylation sites is 1. The van der Waals surface area contributed by atoms with E-state index in [9.17, 15) is 19.2 Å². The zero-order valence-corrected chi connectivity index (χ0v) is 20.1. The molecule has 0 atom stereocenters. The van der Waals surface area contributed by atoms with Gasteiger partial charge in [0.1, 0.15) is 5.58 Å². The third kappa shape index (κ3) is 3.77. The van der Waals surface area contributed by atoms with Crippen molar-refractivity contribution < 1.29 is 23.5 Å². The molecule has 0 fully saturated rings. The van der Waals surface area contributed by atoms with E-state index in [0.717, 1.165) is 10.5 Å². The minimum Gasteiger partial charge on any atom is -0.452 e. The van der Waals surface area contributed by atoms with Crippen LogP contribution in [0.25, 0.3) is 22.3 Å². The number of hydrogen-bond acceptors (Lipinski definition) is 6. The van der Waals surface area contributed by atoms with Crippen molar-refractivity contribution in [2.24, 2.45) is 0 Å². The first kappa shape index (κ1) is 23.1. The summed E-state index contributed by atoms with van der Waals surface area (Å²) >= 11 is 0. The molecule has 2 heterocycles. The predicted molar refractivity (Wildman–Crippen MR) is 142 cm³/mol. The van der Waals surface area contributed by atoms with Crippen LogP contribution in [-0.4, -0.2) is 17.8 Å². The van der Waals surface area contributed by atoms with Crippen molar-refractivity contribution in [3.63, 3.8) is 0 Å². The lowest BCUT2D eigenvalue weighted by Gasteiger charge is -2.15. The van der Waals surface area contributed by atoms with E-state index in [0.29, 0.717) is 22.3 Å². The molecule has 0 aliphatic carbocycles. The minimum absolute atomic E-state index is 0.0569. The van der Waals surface area contributed by atoms with Crippen molar-refractivity contribution in [2.45, 2.75) is 6.92 Å². The molecular weight excluding hydrogens is 482 g/mol. The van der Waals surface area contributed by atoms with Crippen molar-refractivity contribution in [1.82, 2.24) is 0 Å². The van der Waals surface area contributed by atoms with Crippen LogP contribution in [-0.2, 0) is 0 Å². The number of anilines is 1. The maximum Gasteiger partial charge on any atom is 0.343 e. The molecule has 1 aromatic heterocycles. The molecule has 184 valence electrons. The number of aryl methyl sites for hydroxylation is 1. The summed E-state index contributed by atoms with van der Waals surface area (Å²) in [5.74, 6) is -1.91. The summed E-state index contributed by atoms with van der Waals surface area (Å²) in [7, 11) is 0. The van der Waals surface area contributed by atoms with Gasteiger partial charge in [0.25, 0.3) is 11.8 Å². The fraction of sp³-hybridized carbons (Fsp3) is 0.0323. The maximum atomic E-state index is 13.4. The first-order valence-electron chi connectivity index (χ1n) is 11.9.